The fourth-order valence-electron chi connectivity index (χ4n) is 3.59. The third-order valence-electron chi connectivity index (χ3n) is 5.25. The number of benzene rings is 3. The van der Waals surface area contributed by atoms with Crippen molar-refractivity contribution < 1.29 is 9.59 Å². The molecule has 33 heavy (non-hydrogen) atoms. The number of nitrogens with one attached hydrogen (secondary N) is 2. The van der Waals surface area contributed by atoms with E-state index >= 15 is 0 Å². The van der Waals surface area contributed by atoms with Crippen LogP contribution in [0.4, 0.5) is 0 Å². The molecule has 8 heteroatoms. The molecule has 0 atom stereocenters. The molecule has 0 spiro atoms. The highest BCUT2D eigenvalue weighted by Gasteiger charge is 2.18. The van der Waals surface area contributed by atoms with E-state index in [-0.39, 0.29) is 24.9 Å². The van der Waals surface area contributed by atoms with E-state index in [1.165, 1.54) is 9.13 Å². The SMILES string of the molecule is O=C(Cn1c(=O)n(CC(=O)NCc2ccccc2)c2cc(Cl)ccc21)NCc1ccccc1. The molecule has 4 rings (SSSR count). The Balaban J connectivity index is 1.51. The maximum Gasteiger partial charge on any atom is 0.330 e. The van der Waals surface area contributed by atoms with Crippen molar-refractivity contribution >= 4 is 34.4 Å². The zero-order valence-corrected chi connectivity index (χ0v) is 18.6. The predicted octanol–water partition coefficient (Wildman–Crippen LogP) is 3.09. The van der Waals surface area contributed by atoms with Crippen LogP contribution in [0.2, 0.25) is 5.02 Å². The van der Waals surface area contributed by atoms with Gasteiger partial charge in [0.05, 0.1) is 11.0 Å². The second-order valence-electron chi connectivity index (χ2n) is 7.61. The van der Waals surface area contributed by atoms with E-state index < -0.39 is 5.69 Å². The lowest BCUT2D eigenvalue weighted by atomic mass is 10.2. The average molecular weight is 463 g/mol. The van der Waals surface area contributed by atoms with Gasteiger partial charge in [0.15, 0.2) is 0 Å². The van der Waals surface area contributed by atoms with Gasteiger partial charge in [-0.25, -0.2) is 4.79 Å². The van der Waals surface area contributed by atoms with Gasteiger partial charge in [-0.1, -0.05) is 72.3 Å². The molecule has 0 radical (unpaired) electrons. The first-order valence-electron chi connectivity index (χ1n) is 10.5. The van der Waals surface area contributed by atoms with Crippen LogP contribution in [0.15, 0.2) is 83.7 Å². The van der Waals surface area contributed by atoms with Crippen LogP contribution >= 0.6 is 11.6 Å². The van der Waals surface area contributed by atoms with Gasteiger partial charge in [0.1, 0.15) is 13.1 Å². The minimum Gasteiger partial charge on any atom is -0.350 e. The van der Waals surface area contributed by atoms with Crippen molar-refractivity contribution in [3.8, 4) is 0 Å². The number of halogens is 1. The highest BCUT2D eigenvalue weighted by molar-refractivity contribution is 6.31. The molecule has 0 aliphatic heterocycles. The lowest BCUT2D eigenvalue weighted by Crippen LogP contribution is -2.35. The number of rotatable bonds is 8. The summed E-state index contributed by atoms with van der Waals surface area (Å²) in [4.78, 5) is 38.3. The smallest absolute Gasteiger partial charge is 0.330 e. The molecule has 4 aromatic rings. The molecule has 0 saturated carbocycles. The number of carbonyl (C=O) groups excluding carboxylic acids is 2. The largest absolute Gasteiger partial charge is 0.350 e. The molecule has 0 fully saturated rings. The number of hydrogen-bond acceptors (Lipinski definition) is 3. The monoisotopic (exact) mass is 462 g/mol. The molecular weight excluding hydrogens is 440 g/mol. The Morgan fingerprint density at radius 2 is 1.18 bits per heavy atom. The fraction of sp³-hybridized carbons (Fsp3) is 0.160. The van der Waals surface area contributed by atoms with Crippen LogP contribution < -0.4 is 16.3 Å². The summed E-state index contributed by atoms with van der Waals surface area (Å²) in [5.41, 5.74) is 2.51. The van der Waals surface area contributed by atoms with Crippen molar-refractivity contribution in [2.45, 2.75) is 26.2 Å². The summed E-state index contributed by atoms with van der Waals surface area (Å²) in [5, 5.41) is 6.08. The van der Waals surface area contributed by atoms with Crippen molar-refractivity contribution in [1.82, 2.24) is 19.8 Å². The van der Waals surface area contributed by atoms with Crippen LogP contribution in [0.3, 0.4) is 0 Å². The standard InChI is InChI=1S/C25H23ClN4O3/c26-20-11-12-21-22(13-20)30(17-24(32)28-15-19-9-5-2-6-10-19)25(33)29(21)16-23(31)27-14-18-7-3-1-4-8-18/h1-13H,14-17H2,(H,27,31)(H,28,32). The summed E-state index contributed by atoms with van der Waals surface area (Å²) in [6.07, 6.45) is 0. The molecule has 7 nitrogen and oxygen atoms in total. The van der Waals surface area contributed by atoms with Crippen molar-refractivity contribution in [3.05, 3.63) is 105 Å². The minimum atomic E-state index is -0.447. The molecule has 3 aromatic carbocycles. The Labute approximate surface area is 195 Å². The third kappa shape index (κ3) is 5.51. The van der Waals surface area contributed by atoms with E-state index in [4.69, 9.17) is 11.6 Å². The number of carbonyl (C=O) groups is 2. The molecule has 0 unspecified atom stereocenters. The van der Waals surface area contributed by atoms with Crippen molar-refractivity contribution in [2.75, 3.05) is 0 Å². The van der Waals surface area contributed by atoms with E-state index in [0.29, 0.717) is 29.1 Å². The van der Waals surface area contributed by atoms with Crippen LogP contribution in [-0.2, 0) is 35.8 Å². The number of aromatic nitrogens is 2. The molecular formula is C25H23ClN4O3. The van der Waals surface area contributed by atoms with Crippen molar-refractivity contribution in [3.63, 3.8) is 0 Å². The summed E-state index contributed by atoms with van der Waals surface area (Å²) >= 11 is 6.15. The molecule has 1 aromatic heterocycles. The van der Waals surface area contributed by atoms with Gasteiger partial charge in [-0.2, -0.15) is 0 Å². The van der Waals surface area contributed by atoms with Gasteiger partial charge in [0.25, 0.3) is 0 Å². The van der Waals surface area contributed by atoms with E-state index in [1.807, 2.05) is 60.7 Å². The van der Waals surface area contributed by atoms with Crippen LogP contribution in [0.1, 0.15) is 11.1 Å². The zero-order chi connectivity index (χ0) is 23.2. The van der Waals surface area contributed by atoms with Gasteiger partial charge in [-0.15, -0.1) is 0 Å². The second kappa shape index (κ2) is 10.2. The van der Waals surface area contributed by atoms with Crippen LogP contribution in [-0.4, -0.2) is 20.9 Å². The molecule has 1 heterocycles. The second-order valence-corrected chi connectivity index (χ2v) is 8.05. The van der Waals surface area contributed by atoms with E-state index in [0.717, 1.165) is 11.1 Å². The minimum absolute atomic E-state index is 0.164. The lowest BCUT2D eigenvalue weighted by Gasteiger charge is -2.07. The number of hydrogen-bond donors (Lipinski definition) is 2. The van der Waals surface area contributed by atoms with Gasteiger partial charge in [0, 0.05) is 18.1 Å². The number of imidazole rings is 1. The topological polar surface area (TPSA) is 85.1 Å². The van der Waals surface area contributed by atoms with E-state index in [2.05, 4.69) is 10.6 Å². The molecule has 0 aliphatic rings. The van der Waals surface area contributed by atoms with Gasteiger partial charge in [0.2, 0.25) is 11.8 Å². The number of amides is 2. The quantitative estimate of drug-likeness (QED) is 0.422. The van der Waals surface area contributed by atoms with Crippen LogP contribution in [0, 0.1) is 0 Å². The molecule has 0 saturated heterocycles. The van der Waals surface area contributed by atoms with Gasteiger partial charge in [-0.3, -0.25) is 18.7 Å². The highest BCUT2D eigenvalue weighted by Crippen LogP contribution is 2.19. The first kappa shape index (κ1) is 22.4. The van der Waals surface area contributed by atoms with Gasteiger partial charge >= 0.3 is 5.69 Å². The molecule has 2 N–H and O–H groups in total. The van der Waals surface area contributed by atoms with Gasteiger partial charge < -0.3 is 10.6 Å². The van der Waals surface area contributed by atoms with Crippen LogP contribution in [0.5, 0.6) is 0 Å². The Morgan fingerprint density at radius 1 is 0.697 bits per heavy atom. The summed E-state index contributed by atoms with van der Waals surface area (Å²) in [7, 11) is 0. The molecule has 0 bridgehead atoms. The summed E-state index contributed by atoms with van der Waals surface area (Å²) < 4.78 is 2.70. The Kier molecular flexibility index (Phi) is 6.90. The summed E-state index contributed by atoms with van der Waals surface area (Å²) in [6, 6.07) is 24.0. The molecule has 0 aliphatic carbocycles. The lowest BCUT2D eigenvalue weighted by molar-refractivity contribution is -0.122. The molecule has 168 valence electrons. The summed E-state index contributed by atoms with van der Waals surface area (Å²) in [6.45, 7) is 0.375. The average Bonchev–Trinajstić information content (AvgIpc) is 3.08. The Morgan fingerprint density at radius 3 is 1.70 bits per heavy atom. The van der Waals surface area contributed by atoms with E-state index in [9.17, 15) is 14.4 Å². The maximum atomic E-state index is 13.1. The normalized spacial score (nSPS) is 10.8. The first-order valence-corrected chi connectivity index (χ1v) is 10.9. The van der Waals surface area contributed by atoms with Crippen molar-refractivity contribution in [1.29, 1.82) is 0 Å². The Bertz CT molecular complexity index is 1330. The zero-order valence-electron chi connectivity index (χ0n) is 17.8. The fourth-order valence-corrected chi connectivity index (χ4v) is 3.76. The summed E-state index contributed by atoms with van der Waals surface area (Å²) in [5.74, 6) is -0.614. The highest BCUT2D eigenvalue weighted by atomic mass is 35.5. The first-order chi connectivity index (χ1) is 16.0. The van der Waals surface area contributed by atoms with Gasteiger partial charge in [-0.05, 0) is 29.3 Å². The maximum absolute atomic E-state index is 13.1. The van der Waals surface area contributed by atoms with Crippen molar-refractivity contribution in [2.24, 2.45) is 0 Å². The van der Waals surface area contributed by atoms with Crippen LogP contribution in [0.25, 0.3) is 11.0 Å². The number of fused-ring (bicyclic) bond motifs is 1. The molecule has 2 amide bonds. The number of nitrogens with zero attached hydrogens (tertiary/aromatic N) is 2. The Hall–Kier alpha value is -3.84. The van der Waals surface area contributed by atoms with E-state index in [1.54, 1.807) is 18.2 Å². The third-order valence-corrected chi connectivity index (χ3v) is 5.48. The predicted molar refractivity (Wildman–Crippen MR) is 128 cm³/mol.